The number of amides is 1. The van der Waals surface area contributed by atoms with Crippen molar-refractivity contribution < 1.29 is 14.6 Å². The maximum absolute atomic E-state index is 10.8. The number of carbonyl (C=O) groups is 1. The van der Waals surface area contributed by atoms with E-state index >= 15 is 0 Å². The smallest absolute Gasteiger partial charge is 0.249 e. The highest BCUT2D eigenvalue weighted by Crippen LogP contribution is 2.34. The lowest BCUT2D eigenvalue weighted by atomic mass is 9.77. The number of hydrogen-bond donors (Lipinski definition) is 2. The SMILES string of the molecule is NC(=O)C1(O)CC(OCc2ccccc2)C1. The Morgan fingerprint density at radius 1 is 1.44 bits per heavy atom. The summed E-state index contributed by atoms with van der Waals surface area (Å²) in [7, 11) is 0. The number of rotatable bonds is 4. The Morgan fingerprint density at radius 3 is 2.62 bits per heavy atom. The Bertz CT molecular complexity index is 371. The molecule has 1 aromatic carbocycles. The van der Waals surface area contributed by atoms with Gasteiger partial charge in [0, 0.05) is 12.8 Å². The van der Waals surface area contributed by atoms with Crippen molar-refractivity contribution in [2.45, 2.75) is 31.2 Å². The number of carbonyl (C=O) groups excluding carboxylic acids is 1. The van der Waals surface area contributed by atoms with E-state index in [-0.39, 0.29) is 6.10 Å². The Hall–Kier alpha value is -1.39. The summed E-state index contributed by atoms with van der Waals surface area (Å²) in [6.07, 6.45) is 0.530. The molecule has 0 radical (unpaired) electrons. The fourth-order valence-electron chi connectivity index (χ4n) is 1.80. The molecule has 3 N–H and O–H groups in total. The van der Waals surface area contributed by atoms with E-state index in [1.807, 2.05) is 30.3 Å². The number of benzene rings is 1. The topological polar surface area (TPSA) is 72.6 Å². The van der Waals surface area contributed by atoms with Gasteiger partial charge in [0.25, 0.3) is 0 Å². The quantitative estimate of drug-likeness (QED) is 0.781. The van der Waals surface area contributed by atoms with Crippen LogP contribution in [0.3, 0.4) is 0 Å². The highest BCUT2D eigenvalue weighted by molar-refractivity contribution is 5.84. The molecular formula is C12H15NO3. The van der Waals surface area contributed by atoms with Gasteiger partial charge in [-0.1, -0.05) is 30.3 Å². The predicted octanol–water partition coefficient (Wildman–Crippen LogP) is 0.582. The van der Waals surface area contributed by atoms with Gasteiger partial charge in [-0.15, -0.1) is 0 Å². The standard InChI is InChI=1S/C12H15NO3/c13-11(14)12(15)6-10(7-12)16-8-9-4-2-1-3-5-9/h1-5,10,15H,6-8H2,(H2,13,14). The Morgan fingerprint density at radius 2 is 2.06 bits per heavy atom. The number of aliphatic hydroxyl groups is 1. The maximum atomic E-state index is 10.8. The summed E-state index contributed by atoms with van der Waals surface area (Å²) in [4.78, 5) is 10.8. The fraction of sp³-hybridized carbons (Fsp3) is 0.417. The van der Waals surface area contributed by atoms with E-state index in [4.69, 9.17) is 10.5 Å². The number of primary amides is 1. The van der Waals surface area contributed by atoms with Crippen molar-refractivity contribution in [1.29, 1.82) is 0 Å². The first-order valence-electron chi connectivity index (χ1n) is 5.28. The van der Waals surface area contributed by atoms with Crippen LogP contribution >= 0.6 is 0 Å². The summed E-state index contributed by atoms with van der Waals surface area (Å²) in [5.74, 6) is -0.660. The van der Waals surface area contributed by atoms with Crippen molar-refractivity contribution in [2.75, 3.05) is 0 Å². The number of ether oxygens (including phenoxy) is 1. The molecule has 4 nitrogen and oxygen atoms in total. The Labute approximate surface area is 94.0 Å². The lowest BCUT2D eigenvalue weighted by Crippen LogP contribution is -2.56. The molecule has 1 fully saturated rings. The van der Waals surface area contributed by atoms with E-state index in [0.717, 1.165) is 5.56 Å². The lowest BCUT2D eigenvalue weighted by Gasteiger charge is -2.40. The average molecular weight is 221 g/mol. The molecule has 86 valence electrons. The summed E-state index contributed by atoms with van der Waals surface area (Å²) < 4.78 is 5.54. The van der Waals surface area contributed by atoms with Gasteiger partial charge in [0.2, 0.25) is 5.91 Å². The maximum Gasteiger partial charge on any atom is 0.249 e. The van der Waals surface area contributed by atoms with Gasteiger partial charge in [-0.2, -0.15) is 0 Å². The second kappa shape index (κ2) is 4.23. The molecule has 0 saturated heterocycles. The van der Waals surface area contributed by atoms with E-state index in [0.29, 0.717) is 19.4 Å². The molecule has 0 bridgehead atoms. The van der Waals surface area contributed by atoms with Crippen LogP contribution in [0.5, 0.6) is 0 Å². The summed E-state index contributed by atoms with van der Waals surface area (Å²) in [5, 5.41) is 9.60. The predicted molar refractivity (Wildman–Crippen MR) is 58.4 cm³/mol. The van der Waals surface area contributed by atoms with E-state index in [1.165, 1.54) is 0 Å². The minimum absolute atomic E-state index is 0.0716. The first kappa shape index (κ1) is 11.1. The number of hydrogen-bond acceptors (Lipinski definition) is 3. The monoisotopic (exact) mass is 221 g/mol. The highest BCUT2D eigenvalue weighted by Gasteiger charge is 2.48. The van der Waals surface area contributed by atoms with Crippen LogP contribution in [-0.2, 0) is 16.1 Å². The minimum Gasteiger partial charge on any atom is -0.380 e. The molecule has 0 unspecified atom stereocenters. The Kier molecular flexibility index (Phi) is 2.94. The third-order valence-electron chi connectivity index (χ3n) is 2.92. The third kappa shape index (κ3) is 2.23. The normalized spacial score (nSPS) is 28.4. The van der Waals surface area contributed by atoms with Gasteiger partial charge in [-0.05, 0) is 5.56 Å². The molecule has 2 rings (SSSR count). The third-order valence-corrected chi connectivity index (χ3v) is 2.92. The van der Waals surface area contributed by atoms with Gasteiger partial charge >= 0.3 is 0 Å². The van der Waals surface area contributed by atoms with Gasteiger partial charge in [0.15, 0.2) is 0 Å². The van der Waals surface area contributed by atoms with Crippen LogP contribution < -0.4 is 5.73 Å². The van der Waals surface area contributed by atoms with Crippen LogP contribution in [-0.4, -0.2) is 22.7 Å². The minimum atomic E-state index is -1.35. The molecule has 0 heterocycles. The van der Waals surface area contributed by atoms with Crippen molar-refractivity contribution in [1.82, 2.24) is 0 Å². The summed E-state index contributed by atoms with van der Waals surface area (Å²) in [6.45, 7) is 0.500. The zero-order chi connectivity index (χ0) is 11.6. The second-order valence-corrected chi connectivity index (χ2v) is 4.22. The van der Waals surface area contributed by atoms with Gasteiger partial charge in [-0.25, -0.2) is 0 Å². The van der Waals surface area contributed by atoms with Gasteiger partial charge in [-0.3, -0.25) is 4.79 Å². The van der Waals surface area contributed by atoms with Crippen LogP contribution in [0.25, 0.3) is 0 Å². The van der Waals surface area contributed by atoms with Crippen molar-refractivity contribution in [3.05, 3.63) is 35.9 Å². The molecule has 4 heteroatoms. The molecule has 0 aliphatic heterocycles. The summed E-state index contributed by atoms with van der Waals surface area (Å²) >= 11 is 0. The lowest BCUT2D eigenvalue weighted by molar-refractivity contribution is -0.169. The van der Waals surface area contributed by atoms with Crippen LogP contribution in [0, 0.1) is 0 Å². The molecule has 1 amide bonds. The zero-order valence-electron chi connectivity index (χ0n) is 8.93. The van der Waals surface area contributed by atoms with Crippen molar-refractivity contribution in [2.24, 2.45) is 5.73 Å². The van der Waals surface area contributed by atoms with Crippen LogP contribution in [0.15, 0.2) is 30.3 Å². The molecule has 0 aromatic heterocycles. The summed E-state index contributed by atoms with van der Waals surface area (Å²) in [6, 6.07) is 9.77. The van der Waals surface area contributed by atoms with E-state index < -0.39 is 11.5 Å². The molecule has 1 saturated carbocycles. The largest absolute Gasteiger partial charge is 0.380 e. The highest BCUT2D eigenvalue weighted by atomic mass is 16.5. The van der Waals surface area contributed by atoms with Crippen molar-refractivity contribution >= 4 is 5.91 Å². The molecule has 0 spiro atoms. The fourth-order valence-corrected chi connectivity index (χ4v) is 1.80. The van der Waals surface area contributed by atoms with Crippen LogP contribution in [0.4, 0.5) is 0 Å². The molecule has 1 aliphatic carbocycles. The molecule has 0 atom stereocenters. The first-order chi connectivity index (χ1) is 7.60. The average Bonchev–Trinajstić information content (AvgIpc) is 2.24. The van der Waals surface area contributed by atoms with Crippen LogP contribution in [0.2, 0.25) is 0 Å². The van der Waals surface area contributed by atoms with E-state index in [2.05, 4.69) is 0 Å². The van der Waals surface area contributed by atoms with Crippen molar-refractivity contribution in [3.8, 4) is 0 Å². The second-order valence-electron chi connectivity index (χ2n) is 4.22. The van der Waals surface area contributed by atoms with Gasteiger partial charge in [0.1, 0.15) is 5.60 Å². The first-order valence-corrected chi connectivity index (χ1v) is 5.28. The van der Waals surface area contributed by atoms with Crippen molar-refractivity contribution in [3.63, 3.8) is 0 Å². The molecule has 1 aliphatic rings. The van der Waals surface area contributed by atoms with E-state index in [9.17, 15) is 9.90 Å². The van der Waals surface area contributed by atoms with Gasteiger partial charge in [0.05, 0.1) is 12.7 Å². The molecular weight excluding hydrogens is 206 g/mol. The van der Waals surface area contributed by atoms with Gasteiger partial charge < -0.3 is 15.6 Å². The zero-order valence-corrected chi connectivity index (χ0v) is 8.93. The molecule has 1 aromatic rings. The summed E-state index contributed by atoms with van der Waals surface area (Å²) in [5.41, 5.74) is 4.79. The van der Waals surface area contributed by atoms with E-state index in [1.54, 1.807) is 0 Å². The Balaban J connectivity index is 1.77. The molecule has 16 heavy (non-hydrogen) atoms. The van der Waals surface area contributed by atoms with Crippen LogP contribution in [0.1, 0.15) is 18.4 Å². The number of nitrogens with two attached hydrogens (primary N) is 1.